The zero-order chi connectivity index (χ0) is 19.1. The number of rotatable bonds is 7. The van der Waals surface area contributed by atoms with Crippen molar-refractivity contribution in [3.63, 3.8) is 0 Å². The van der Waals surface area contributed by atoms with Crippen LogP contribution < -0.4 is 10.2 Å². The van der Waals surface area contributed by atoms with Gasteiger partial charge in [0.05, 0.1) is 22.3 Å². The van der Waals surface area contributed by atoms with Gasteiger partial charge >= 0.3 is 0 Å². The molecule has 138 valence electrons. The molecule has 0 aliphatic carbocycles. The van der Waals surface area contributed by atoms with E-state index in [2.05, 4.69) is 42.4 Å². The summed E-state index contributed by atoms with van der Waals surface area (Å²) in [6.45, 7) is 2.04. The topological polar surface area (TPSA) is 70.9 Å². The molecule has 0 aromatic heterocycles. The van der Waals surface area contributed by atoms with Crippen molar-refractivity contribution in [2.24, 2.45) is 5.10 Å². The Balaban J connectivity index is 1.80. The van der Waals surface area contributed by atoms with Crippen LogP contribution in [0.4, 0.5) is 0 Å². The SMILES string of the molecule is COc1ccc(CCCC(=O)N/N=C\c2cc(Br)c(O)c(Br)c2)c(C)c1. The maximum atomic E-state index is 11.9. The van der Waals surface area contributed by atoms with E-state index in [0.29, 0.717) is 15.4 Å². The molecule has 2 rings (SSSR count). The molecule has 7 heteroatoms. The Kier molecular flexibility index (Phi) is 7.66. The van der Waals surface area contributed by atoms with E-state index in [-0.39, 0.29) is 11.7 Å². The number of aromatic hydroxyl groups is 1. The maximum Gasteiger partial charge on any atom is 0.240 e. The smallest absolute Gasteiger partial charge is 0.240 e. The molecule has 0 radical (unpaired) electrons. The van der Waals surface area contributed by atoms with E-state index in [1.807, 2.05) is 25.1 Å². The van der Waals surface area contributed by atoms with Gasteiger partial charge in [0.25, 0.3) is 0 Å². The molecule has 0 fully saturated rings. The molecule has 0 aliphatic heterocycles. The Labute approximate surface area is 169 Å². The van der Waals surface area contributed by atoms with E-state index < -0.39 is 0 Å². The van der Waals surface area contributed by atoms with Crippen LogP contribution in [0.3, 0.4) is 0 Å². The molecule has 0 heterocycles. The van der Waals surface area contributed by atoms with Crippen molar-refractivity contribution in [3.05, 3.63) is 56.0 Å². The van der Waals surface area contributed by atoms with Crippen molar-refractivity contribution in [1.82, 2.24) is 5.43 Å². The second-order valence-corrected chi connectivity index (χ2v) is 7.48. The molecule has 0 saturated heterocycles. The molecular formula is C19H20Br2N2O3. The average molecular weight is 484 g/mol. The third kappa shape index (κ3) is 5.85. The molecule has 26 heavy (non-hydrogen) atoms. The summed E-state index contributed by atoms with van der Waals surface area (Å²) in [7, 11) is 1.65. The summed E-state index contributed by atoms with van der Waals surface area (Å²) in [5, 5.41) is 13.6. The number of phenols is 1. The highest BCUT2D eigenvalue weighted by molar-refractivity contribution is 9.11. The Morgan fingerprint density at radius 1 is 1.27 bits per heavy atom. The number of amides is 1. The normalized spacial score (nSPS) is 10.9. The molecule has 1 amide bonds. The number of benzene rings is 2. The predicted octanol–water partition coefficient (Wildman–Crippen LogP) is 4.71. The number of nitrogens with zero attached hydrogens (tertiary/aromatic N) is 1. The molecule has 0 unspecified atom stereocenters. The molecule has 0 atom stereocenters. The number of hydrazone groups is 1. The van der Waals surface area contributed by atoms with E-state index in [4.69, 9.17) is 4.74 Å². The van der Waals surface area contributed by atoms with Crippen molar-refractivity contribution >= 4 is 44.0 Å². The highest BCUT2D eigenvalue weighted by Gasteiger charge is 2.06. The largest absolute Gasteiger partial charge is 0.506 e. The van der Waals surface area contributed by atoms with E-state index in [9.17, 15) is 9.90 Å². The number of hydrogen-bond acceptors (Lipinski definition) is 4. The highest BCUT2D eigenvalue weighted by atomic mass is 79.9. The first-order valence-electron chi connectivity index (χ1n) is 8.04. The number of aryl methyl sites for hydroxylation is 2. The van der Waals surface area contributed by atoms with Crippen LogP contribution in [0.2, 0.25) is 0 Å². The van der Waals surface area contributed by atoms with Gasteiger partial charge in [-0.1, -0.05) is 6.07 Å². The van der Waals surface area contributed by atoms with E-state index in [1.54, 1.807) is 19.2 Å². The minimum Gasteiger partial charge on any atom is -0.506 e. The third-order valence-corrected chi connectivity index (χ3v) is 5.05. The second-order valence-electron chi connectivity index (χ2n) is 5.77. The van der Waals surface area contributed by atoms with Gasteiger partial charge in [-0.2, -0.15) is 5.10 Å². The predicted molar refractivity (Wildman–Crippen MR) is 110 cm³/mol. The van der Waals surface area contributed by atoms with Gasteiger partial charge < -0.3 is 9.84 Å². The third-order valence-electron chi connectivity index (χ3n) is 3.84. The Morgan fingerprint density at radius 3 is 2.58 bits per heavy atom. The minimum atomic E-state index is -0.135. The van der Waals surface area contributed by atoms with Crippen LogP contribution in [0, 0.1) is 6.92 Å². The molecule has 5 nitrogen and oxygen atoms in total. The van der Waals surface area contributed by atoms with E-state index in [0.717, 1.165) is 29.7 Å². The van der Waals surface area contributed by atoms with Crippen molar-refractivity contribution in [2.75, 3.05) is 7.11 Å². The minimum absolute atomic E-state index is 0.125. The summed E-state index contributed by atoms with van der Waals surface area (Å²) >= 11 is 6.50. The fourth-order valence-corrected chi connectivity index (χ4v) is 3.63. The molecule has 0 saturated carbocycles. The number of nitrogens with one attached hydrogen (secondary N) is 1. The maximum absolute atomic E-state index is 11.9. The standard InChI is InChI=1S/C19H20Br2N2O3/c1-12-8-15(26-2)7-6-14(12)4-3-5-18(24)23-22-11-13-9-16(20)19(25)17(21)10-13/h6-11,25H,3-5H2,1-2H3,(H,23,24)/b22-11-. The highest BCUT2D eigenvalue weighted by Crippen LogP contribution is 2.32. The van der Waals surface area contributed by atoms with Gasteiger partial charge in [-0.3, -0.25) is 4.79 Å². The van der Waals surface area contributed by atoms with Gasteiger partial charge in [-0.25, -0.2) is 5.43 Å². The van der Waals surface area contributed by atoms with Gasteiger partial charge in [0.2, 0.25) is 5.91 Å². The first-order valence-corrected chi connectivity index (χ1v) is 9.62. The lowest BCUT2D eigenvalue weighted by atomic mass is 10.0. The Morgan fingerprint density at radius 2 is 1.96 bits per heavy atom. The van der Waals surface area contributed by atoms with E-state index >= 15 is 0 Å². The summed E-state index contributed by atoms with van der Waals surface area (Å²) < 4.78 is 6.30. The number of phenolic OH excluding ortho intramolecular Hbond substituents is 1. The van der Waals surface area contributed by atoms with Crippen LogP contribution >= 0.6 is 31.9 Å². The molecule has 2 aromatic carbocycles. The lowest BCUT2D eigenvalue weighted by Crippen LogP contribution is -2.17. The van der Waals surface area contributed by atoms with Crippen molar-refractivity contribution in [1.29, 1.82) is 0 Å². The van der Waals surface area contributed by atoms with Crippen LogP contribution in [-0.4, -0.2) is 24.3 Å². The van der Waals surface area contributed by atoms with Crippen molar-refractivity contribution in [3.8, 4) is 11.5 Å². The van der Waals surface area contributed by atoms with Crippen LogP contribution in [0.1, 0.15) is 29.5 Å². The monoisotopic (exact) mass is 482 g/mol. The fraction of sp³-hybridized carbons (Fsp3) is 0.263. The van der Waals surface area contributed by atoms with Gasteiger partial charge in [-0.05, 0) is 92.6 Å². The van der Waals surface area contributed by atoms with Gasteiger partial charge in [-0.15, -0.1) is 0 Å². The lowest BCUT2D eigenvalue weighted by Gasteiger charge is -2.07. The van der Waals surface area contributed by atoms with Crippen molar-refractivity contribution < 1.29 is 14.6 Å². The number of methoxy groups -OCH3 is 1. The van der Waals surface area contributed by atoms with Crippen LogP contribution in [0.15, 0.2) is 44.4 Å². The second kappa shape index (κ2) is 9.73. The number of carbonyl (C=O) groups excluding carboxylic acids is 1. The Hall–Kier alpha value is -1.86. The number of carbonyl (C=O) groups is 1. The summed E-state index contributed by atoms with van der Waals surface area (Å²) in [5.74, 6) is 0.829. The fourth-order valence-electron chi connectivity index (χ4n) is 2.41. The summed E-state index contributed by atoms with van der Waals surface area (Å²) in [4.78, 5) is 11.9. The lowest BCUT2D eigenvalue weighted by molar-refractivity contribution is -0.121. The van der Waals surface area contributed by atoms with Crippen molar-refractivity contribution in [2.45, 2.75) is 26.2 Å². The molecule has 2 aromatic rings. The van der Waals surface area contributed by atoms with Crippen LogP contribution in [0.25, 0.3) is 0 Å². The van der Waals surface area contributed by atoms with Gasteiger partial charge in [0.1, 0.15) is 11.5 Å². The summed E-state index contributed by atoms with van der Waals surface area (Å²) in [6, 6.07) is 9.38. The first-order chi connectivity index (χ1) is 12.4. The Bertz CT molecular complexity index is 799. The molecule has 0 spiro atoms. The number of halogens is 2. The quantitative estimate of drug-likeness (QED) is 0.442. The van der Waals surface area contributed by atoms with Gasteiger partial charge in [0, 0.05) is 6.42 Å². The van der Waals surface area contributed by atoms with Gasteiger partial charge in [0.15, 0.2) is 0 Å². The number of hydrogen-bond donors (Lipinski definition) is 2. The molecular weight excluding hydrogens is 464 g/mol. The summed E-state index contributed by atoms with van der Waals surface area (Å²) in [5.41, 5.74) is 5.63. The zero-order valence-electron chi connectivity index (χ0n) is 14.6. The zero-order valence-corrected chi connectivity index (χ0v) is 17.7. The number of ether oxygens (including phenoxy) is 1. The molecule has 0 bridgehead atoms. The van der Waals surface area contributed by atoms with E-state index in [1.165, 1.54) is 11.8 Å². The summed E-state index contributed by atoms with van der Waals surface area (Å²) in [6.07, 6.45) is 3.49. The van der Waals surface area contributed by atoms with Crippen LogP contribution in [-0.2, 0) is 11.2 Å². The average Bonchev–Trinajstić information content (AvgIpc) is 2.61. The first kappa shape index (κ1) is 20.5. The van der Waals surface area contributed by atoms with Crippen LogP contribution in [0.5, 0.6) is 11.5 Å². The molecule has 2 N–H and O–H groups in total. The molecule has 0 aliphatic rings.